The highest BCUT2D eigenvalue weighted by Crippen LogP contribution is 2.12. The van der Waals surface area contributed by atoms with Gasteiger partial charge in [-0.2, -0.15) is 0 Å². The van der Waals surface area contributed by atoms with Crippen LogP contribution in [0, 0.1) is 6.92 Å². The van der Waals surface area contributed by atoms with E-state index < -0.39 is 0 Å². The molecular weight excluding hydrogens is 272 g/mol. The van der Waals surface area contributed by atoms with Gasteiger partial charge in [-0.1, -0.05) is 48.5 Å². The van der Waals surface area contributed by atoms with E-state index in [4.69, 9.17) is 0 Å². The number of para-hydroxylation sites is 1. The van der Waals surface area contributed by atoms with Gasteiger partial charge in [0.2, 0.25) is 5.91 Å². The molecule has 0 aliphatic carbocycles. The van der Waals surface area contributed by atoms with Crippen LogP contribution in [-0.4, -0.2) is 12.5 Å². The lowest BCUT2D eigenvalue weighted by Gasteiger charge is -2.09. The van der Waals surface area contributed by atoms with Crippen LogP contribution in [-0.2, 0) is 11.3 Å². The predicted molar refractivity (Wildman–Crippen MR) is 85.2 cm³/mol. The zero-order chi connectivity index (χ0) is 13.5. The average molecular weight is 291 g/mol. The molecule has 0 aromatic heterocycles. The van der Waals surface area contributed by atoms with Gasteiger partial charge >= 0.3 is 0 Å². The average Bonchev–Trinajstić information content (AvgIpc) is 2.43. The first kappa shape index (κ1) is 16.2. The zero-order valence-corrected chi connectivity index (χ0v) is 12.2. The quantitative estimate of drug-likeness (QED) is 0.888. The smallest absolute Gasteiger partial charge is 0.238 e. The fourth-order valence-corrected chi connectivity index (χ4v) is 1.82. The van der Waals surface area contributed by atoms with Crippen LogP contribution >= 0.6 is 12.4 Å². The molecule has 4 heteroatoms. The molecule has 0 bridgehead atoms. The Balaban J connectivity index is 0.00000200. The number of carbonyl (C=O) groups excluding carboxylic acids is 1. The second-order valence-corrected chi connectivity index (χ2v) is 4.45. The van der Waals surface area contributed by atoms with E-state index in [-0.39, 0.29) is 18.3 Å². The van der Waals surface area contributed by atoms with Crippen molar-refractivity contribution in [1.29, 1.82) is 0 Å². The van der Waals surface area contributed by atoms with Crippen LogP contribution in [0.25, 0.3) is 0 Å². The van der Waals surface area contributed by atoms with Crippen molar-refractivity contribution in [3.05, 3.63) is 65.7 Å². The monoisotopic (exact) mass is 290 g/mol. The van der Waals surface area contributed by atoms with Crippen molar-refractivity contribution >= 4 is 24.0 Å². The highest BCUT2D eigenvalue weighted by atomic mass is 35.5. The summed E-state index contributed by atoms with van der Waals surface area (Å²) in [5.74, 6) is -0.0229. The SMILES string of the molecule is Cc1ccccc1NC(=O)CNCc1ccccc1.Cl. The summed E-state index contributed by atoms with van der Waals surface area (Å²) in [4.78, 5) is 11.8. The molecule has 106 valence electrons. The largest absolute Gasteiger partial charge is 0.325 e. The molecule has 0 fully saturated rings. The lowest BCUT2D eigenvalue weighted by molar-refractivity contribution is -0.115. The molecule has 2 aromatic carbocycles. The van der Waals surface area contributed by atoms with Gasteiger partial charge in [-0.05, 0) is 24.1 Å². The third kappa shape index (κ3) is 5.03. The Morgan fingerprint density at radius 1 is 1.00 bits per heavy atom. The van der Waals surface area contributed by atoms with E-state index >= 15 is 0 Å². The van der Waals surface area contributed by atoms with Crippen molar-refractivity contribution in [3.63, 3.8) is 0 Å². The molecular formula is C16H19ClN2O. The van der Waals surface area contributed by atoms with Gasteiger partial charge < -0.3 is 10.6 Å². The molecule has 2 rings (SSSR count). The molecule has 3 nitrogen and oxygen atoms in total. The van der Waals surface area contributed by atoms with E-state index in [1.165, 1.54) is 5.56 Å². The van der Waals surface area contributed by atoms with Crippen molar-refractivity contribution in [2.45, 2.75) is 13.5 Å². The Kier molecular flexibility index (Phi) is 6.77. The lowest BCUT2D eigenvalue weighted by Crippen LogP contribution is -2.27. The topological polar surface area (TPSA) is 41.1 Å². The van der Waals surface area contributed by atoms with Gasteiger partial charge in [-0.25, -0.2) is 0 Å². The summed E-state index contributed by atoms with van der Waals surface area (Å²) in [5.41, 5.74) is 3.11. The summed E-state index contributed by atoms with van der Waals surface area (Å²) in [5, 5.41) is 6.02. The third-order valence-electron chi connectivity index (χ3n) is 2.88. The van der Waals surface area contributed by atoms with Crippen LogP contribution in [0.1, 0.15) is 11.1 Å². The number of amides is 1. The molecule has 0 saturated carbocycles. The molecule has 0 unspecified atom stereocenters. The molecule has 2 N–H and O–H groups in total. The first-order valence-electron chi connectivity index (χ1n) is 6.36. The fraction of sp³-hybridized carbons (Fsp3) is 0.188. The standard InChI is InChI=1S/C16H18N2O.ClH/c1-13-7-5-6-10-15(13)18-16(19)12-17-11-14-8-3-2-4-9-14;/h2-10,17H,11-12H2,1H3,(H,18,19);1H. The minimum absolute atomic E-state index is 0. The number of rotatable bonds is 5. The molecule has 0 heterocycles. The molecule has 0 aliphatic rings. The van der Waals surface area contributed by atoms with E-state index in [1.54, 1.807) is 0 Å². The number of halogens is 1. The number of anilines is 1. The van der Waals surface area contributed by atoms with Gasteiger partial charge in [0.15, 0.2) is 0 Å². The van der Waals surface area contributed by atoms with Gasteiger partial charge in [0.05, 0.1) is 6.54 Å². The van der Waals surface area contributed by atoms with Crippen molar-refractivity contribution < 1.29 is 4.79 Å². The van der Waals surface area contributed by atoms with E-state index in [0.717, 1.165) is 11.3 Å². The number of carbonyl (C=O) groups is 1. The highest BCUT2D eigenvalue weighted by Gasteiger charge is 2.03. The number of aryl methyl sites for hydroxylation is 1. The molecule has 1 amide bonds. The van der Waals surface area contributed by atoms with E-state index in [9.17, 15) is 4.79 Å². The van der Waals surface area contributed by atoms with Crippen molar-refractivity contribution in [2.75, 3.05) is 11.9 Å². The molecule has 2 aromatic rings. The summed E-state index contributed by atoms with van der Waals surface area (Å²) in [7, 11) is 0. The first-order valence-corrected chi connectivity index (χ1v) is 6.36. The van der Waals surface area contributed by atoms with Crippen molar-refractivity contribution in [2.24, 2.45) is 0 Å². The lowest BCUT2D eigenvalue weighted by atomic mass is 10.2. The maximum absolute atomic E-state index is 11.8. The molecule has 0 aliphatic heterocycles. The Hall–Kier alpha value is -1.84. The molecule has 0 saturated heterocycles. The van der Waals surface area contributed by atoms with Crippen molar-refractivity contribution in [3.8, 4) is 0 Å². The Labute approximate surface area is 125 Å². The van der Waals surface area contributed by atoms with Crippen LogP contribution in [0.2, 0.25) is 0 Å². The molecule has 0 spiro atoms. The summed E-state index contributed by atoms with van der Waals surface area (Å²) >= 11 is 0. The van der Waals surface area contributed by atoms with E-state index in [1.807, 2.05) is 61.5 Å². The van der Waals surface area contributed by atoms with E-state index in [0.29, 0.717) is 13.1 Å². The normalized spacial score (nSPS) is 9.65. The minimum Gasteiger partial charge on any atom is -0.325 e. The summed E-state index contributed by atoms with van der Waals surface area (Å²) in [6, 6.07) is 17.8. The molecule has 20 heavy (non-hydrogen) atoms. The Bertz CT molecular complexity index is 543. The first-order chi connectivity index (χ1) is 9.25. The molecule has 0 atom stereocenters. The number of benzene rings is 2. The summed E-state index contributed by atoms with van der Waals surface area (Å²) in [6.45, 7) is 2.98. The van der Waals surface area contributed by atoms with Crippen LogP contribution in [0.5, 0.6) is 0 Å². The highest BCUT2D eigenvalue weighted by molar-refractivity contribution is 5.92. The van der Waals surface area contributed by atoms with Crippen LogP contribution < -0.4 is 10.6 Å². The van der Waals surface area contributed by atoms with Crippen LogP contribution in [0.4, 0.5) is 5.69 Å². The van der Waals surface area contributed by atoms with Gasteiger partial charge in [0, 0.05) is 12.2 Å². The van der Waals surface area contributed by atoms with Crippen LogP contribution in [0.3, 0.4) is 0 Å². The Morgan fingerprint density at radius 2 is 1.65 bits per heavy atom. The van der Waals surface area contributed by atoms with Gasteiger partial charge in [0.1, 0.15) is 0 Å². The Morgan fingerprint density at radius 3 is 2.35 bits per heavy atom. The minimum atomic E-state index is -0.0229. The number of nitrogens with one attached hydrogen (secondary N) is 2. The third-order valence-corrected chi connectivity index (χ3v) is 2.88. The number of hydrogen-bond acceptors (Lipinski definition) is 2. The second-order valence-electron chi connectivity index (χ2n) is 4.45. The zero-order valence-electron chi connectivity index (χ0n) is 11.4. The summed E-state index contributed by atoms with van der Waals surface area (Å²) < 4.78 is 0. The van der Waals surface area contributed by atoms with E-state index in [2.05, 4.69) is 10.6 Å². The second kappa shape index (κ2) is 8.35. The maximum atomic E-state index is 11.8. The number of hydrogen-bond donors (Lipinski definition) is 2. The molecule has 0 radical (unpaired) electrons. The van der Waals surface area contributed by atoms with Gasteiger partial charge in [0.25, 0.3) is 0 Å². The predicted octanol–water partition coefficient (Wildman–Crippen LogP) is 3.15. The van der Waals surface area contributed by atoms with Gasteiger partial charge in [-0.15, -0.1) is 12.4 Å². The summed E-state index contributed by atoms with van der Waals surface area (Å²) in [6.07, 6.45) is 0. The fourth-order valence-electron chi connectivity index (χ4n) is 1.82. The maximum Gasteiger partial charge on any atom is 0.238 e. The van der Waals surface area contributed by atoms with Gasteiger partial charge in [-0.3, -0.25) is 4.79 Å². The van der Waals surface area contributed by atoms with Crippen LogP contribution in [0.15, 0.2) is 54.6 Å². The van der Waals surface area contributed by atoms with Crippen molar-refractivity contribution in [1.82, 2.24) is 5.32 Å².